The molecular weight excluding hydrogens is 392 g/mol. The molecule has 3 rings (SSSR count). The van der Waals surface area contributed by atoms with Crippen molar-refractivity contribution in [2.24, 2.45) is 5.92 Å². The van der Waals surface area contributed by atoms with E-state index in [9.17, 15) is 14.7 Å². The highest BCUT2D eigenvalue weighted by atomic mass is 35.5. The van der Waals surface area contributed by atoms with Crippen molar-refractivity contribution in [3.8, 4) is 11.5 Å². The Hall–Kier alpha value is -2.73. The smallest absolute Gasteiger partial charge is 0.321 e. The third kappa shape index (κ3) is 5.41. The summed E-state index contributed by atoms with van der Waals surface area (Å²) in [6.45, 7) is 3.55. The summed E-state index contributed by atoms with van der Waals surface area (Å²) in [5.74, 6) is 0.645. The van der Waals surface area contributed by atoms with Gasteiger partial charge in [-0.1, -0.05) is 18.5 Å². The second-order valence-electron chi connectivity index (χ2n) is 7.09. The lowest BCUT2D eigenvalue weighted by Crippen LogP contribution is -2.42. The van der Waals surface area contributed by atoms with Crippen LogP contribution < -0.4 is 10.1 Å². The van der Waals surface area contributed by atoms with E-state index in [4.69, 9.17) is 16.3 Å². The van der Waals surface area contributed by atoms with Crippen molar-refractivity contribution in [2.75, 3.05) is 25.0 Å². The number of carbonyl (C=O) groups excluding carboxylic acids is 2. The van der Waals surface area contributed by atoms with Crippen LogP contribution in [0.2, 0.25) is 5.02 Å². The molecule has 0 unspecified atom stereocenters. The molecule has 1 aliphatic rings. The molecule has 0 spiro atoms. The van der Waals surface area contributed by atoms with Crippen molar-refractivity contribution >= 4 is 29.1 Å². The summed E-state index contributed by atoms with van der Waals surface area (Å²) in [4.78, 5) is 27.0. The molecule has 0 saturated carbocycles. The number of nitrogens with zero attached hydrogens (tertiary/aromatic N) is 1. The fraction of sp³-hybridized carbons (Fsp3) is 0.364. The second-order valence-corrected chi connectivity index (χ2v) is 7.53. The number of aromatic hydroxyl groups is 1. The molecule has 7 heteroatoms. The summed E-state index contributed by atoms with van der Waals surface area (Å²) in [7, 11) is 0. The van der Waals surface area contributed by atoms with E-state index >= 15 is 0 Å². The van der Waals surface area contributed by atoms with E-state index in [2.05, 4.69) is 5.32 Å². The number of phenols is 1. The molecule has 6 nitrogen and oxygen atoms in total. The number of likely N-dealkylation sites (tertiary alicyclic amines) is 1. The largest absolute Gasteiger partial charge is 0.508 e. The average Bonchev–Trinajstić information content (AvgIpc) is 2.73. The summed E-state index contributed by atoms with van der Waals surface area (Å²) < 4.78 is 5.68. The Labute approximate surface area is 175 Å². The summed E-state index contributed by atoms with van der Waals surface area (Å²) in [6, 6.07) is 11.2. The highest BCUT2D eigenvalue weighted by Crippen LogP contribution is 2.29. The van der Waals surface area contributed by atoms with Crippen LogP contribution in [0, 0.1) is 5.92 Å². The number of rotatable bonds is 6. The zero-order valence-electron chi connectivity index (χ0n) is 16.4. The van der Waals surface area contributed by atoms with E-state index in [-0.39, 0.29) is 23.5 Å². The Kier molecular flexibility index (Phi) is 6.99. The quantitative estimate of drug-likeness (QED) is 0.652. The number of halogens is 1. The Morgan fingerprint density at radius 3 is 2.52 bits per heavy atom. The number of urea groups is 1. The van der Waals surface area contributed by atoms with Crippen LogP contribution in [-0.4, -0.2) is 41.5 Å². The molecule has 0 aliphatic carbocycles. The van der Waals surface area contributed by atoms with Gasteiger partial charge in [-0.15, -0.1) is 0 Å². The number of carbonyl (C=O) groups is 2. The molecule has 0 atom stereocenters. The number of ketones is 1. The van der Waals surface area contributed by atoms with Gasteiger partial charge in [0.15, 0.2) is 5.78 Å². The Balaban J connectivity index is 1.58. The average molecular weight is 417 g/mol. The van der Waals surface area contributed by atoms with Crippen LogP contribution >= 0.6 is 11.6 Å². The lowest BCUT2D eigenvalue weighted by atomic mass is 9.89. The third-order valence-electron chi connectivity index (χ3n) is 4.95. The number of Topliss-reactive ketones (excluding diaryl/α,β-unsaturated/α-hetero) is 1. The van der Waals surface area contributed by atoms with Gasteiger partial charge in [-0.25, -0.2) is 4.79 Å². The normalized spacial score (nSPS) is 14.5. The first-order chi connectivity index (χ1) is 14.0. The molecule has 2 N–H and O–H groups in total. The first kappa shape index (κ1) is 21.0. The molecule has 2 aromatic carbocycles. The Bertz CT molecular complexity index is 862. The fourth-order valence-corrected chi connectivity index (χ4v) is 3.51. The highest BCUT2D eigenvalue weighted by molar-refractivity contribution is 6.31. The van der Waals surface area contributed by atoms with Gasteiger partial charge in [0, 0.05) is 29.6 Å². The molecular formula is C22H25ClN2O4. The van der Waals surface area contributed by atoms with Gasteiger partial charge < -0.3 is 20.1 Å². The van der Waals surface area contributed by atoms with Crippen molar-refractivity contribution in [2.45, 2.75) is 26.2 Å². The van der Waals surface area contributed by atoms with Crippen LogP contribution in [0.5, 0.6) is 11.5 Å². The van der Waals surface area contributed by atoms with Gasteiger partial charge in [-0.3, -0.25) is 4.79 Å². The molecule has 1 fully saturated rings. The number of phenolic OH excluding ortho intramolecular Hbond substituents is 1. The van der Waals surface area contributed by atoms with E-state index in [1.165, 1.54) is 12.1 Å². The predicted molar refractivity (Wildman–Crippen MR) is 113 cm³/mol. The van der Waals surface area contributed by atoms with Crippen molar-refractivity contribution in [3.05, 3.63) is 53.1 Å². The number of piperidine rings is 1. The number of anilines is 1. The molecule has 2 aromatic rings. The molecule has 0 radical (unpaired) electrons. The van der Waals surface area contributed by atoms with Crippen LogP contribution in [0.15, 0.2) is 42.5 Å². The van der Waals surface area contributed by atoms with E-state index in [0.717, 1.165) is 6.42 Å². The molecule has 1 saturated heterocycles. The molecule has 1 aliphatic heterocycles. The highest BCUT2D eigenvalue weighted by Gasteiger charge is 2.28. The monoisotopic (exact) mass is 416 g/mol. The topological polar surface area (TPSA) is 78.9 Å². The van der Waals surface area contributed by atoms with Gasteiger partial charge >= 0.3 is 6.03 Å². The zero-order chi connectivity index (χ0) is 20.8. The van der Waals surface area contributed by atoms with Crippen molar-refractivity contribution in [1.29, 1.82) is 0 Å². The van der Waals surface area contributed by atoms with Gasteiger partial charge in [0.2, 0.25) is 0 Å². The van der Waals surface area contributed by atoms with Crippen molar-refractivity contribution in [3.63, 3.8) is 0 Å². The van der Waals surface area contributed by atoms with Crippen LogP contribution in [0.1, 0.15) is 36.5 Å². The molecule has 154 valence electrons. The number of benzene rings is 2. The fourth-order valence-electron chi connectivity index (χ4n) is 3.34. The summed E-state index contributed by atoms with van der Waals surface area (Å²) >= 11 is 6.07. The SMILES string of the molecule is CCCOc1ccc(Cl)cc1NC(=O)N1CCC(C(=O)c2ccc(O)cc2)CC1. The minimum Gasteiger partial charge on any atom is -0.508 e. The summed E-state index contributed by atoms with van der Waals surface area (Å²) in [6.07, 6.45) is 2.06. The van der Waals surface area contributed by atoms with Gasteiger partial charge in [0.25, 0.3) is 0 Å². The lowest BCUT2D eigenvalue weighted by molar-refractivity contribution is 0.0859. The second kappa shape index (κ2) is 9.65. The minimum atomic E-state index is -0.232. The number of nitrogens with one attached hydrogen (secondary N) is 1. The summed E-state index contributed by atoms with van der Waals surface area (Å²) in [5.41, 5.74) is 1.13. The molecule has 0 aromatic heterocycles. The van der Waals surface area contributed by atoms with E-state index < -0.39 is 0 Å². The first-order valence-electron chi connectivity index (χ1n) is 9.79. The zero-order valence-corrected chi connectivity index (χ0v) is 17.1. The summed E-state index contributed by atoms with van der Waals surface area (Å²) in [5, 5.41) is 12.8. The molecule has 2 amide bonds. The van der Waals surface area contributed by atoms with Crippen molar-refractivity contribution in [1.82, 2.24) is 4.90 Å². The van der Waals surface area contributed by atoms with E-state index in [1.807, 2.05) is 6.92 Å². The number of amides is 2. The number of hydrogen-bond donors (Lipinski definition) is 2. The van der Waals surface area contributed by atoms with Gasteiger partial charge in [0.05, 0.1) is 12.3 Å². The van der Waals surface area contributed by atoms with Crippen LogP contribution in [-0.2, 0) is 0 Å². The van der Waals surface area contributed by atoms with Crippen LogP contribution in [0.25, 0.3) is 0 Å². The Morgan fingerprint density at radius 2 is 1.86 bits per heavy atom. The predicted octanol–water partition coefficient (Wildman–Crippen LogP) is 4.96. The van der Waals surface area contributed by atoms with Gasteiger partial charge in [-0.05, 0) is 61.7 Å². The molecule has 29 heavy (non-hydrogen) atoms. The van der Waals surface area contributed by atoms with Gasteiger partial charge in [0.1, 0.15) is 11.5 Å². The van der Waals surface area contributed by atoms with Crippen LogP contribution in [0.3, 0.4) is 0 Å². The Morgan fingerprint density at radius 1 is 1.17 bits per heavy atom. The van der Waals surface area contributed by atoms with Crippen LogP contribution in [0.4, 0.5) is 10.5 Å². The number of ether oxygens (including phenoxy) is 1. The standard InChI is InChI=1S/C22H25ClN2O4/c1-2-13-29-20-8-5-17(23)14-19(20)24-22(28)25-11-9-16(10-12-25)21(27)15-3-6-18(26)7-4-15/h3-8,14,16,26H,2,9-13H2,1H3,(H,24,28). The minimum absolute atomic E-state index is 0.0511. The molecule has 0 bridgehead atoms. The first-order valence-corrected chi connectivity index (χ1v) is 10.2. The van der Waals surface area contributed by atoms with Gasteiger partial charge in [-0.2, -0.15) is 0 Å². The van der Waals surface area contributed by atoms with Crippen molar-refractivity contribution < 1.29 is 19.4 Å². The maximum absolute atomic E-state index is 12.7. The maximum Gasteiger partial charge on any atom is 0.321 e. The lowest BCUT2D eigenvalue weighted by Gasteiger charge is -2.31. The maximum atomic E-state index is 12.7. The third-order valence-corrected chi connectivity index (χ3v) is 5.18. The molecule has 1 heterocycles. The number of hydrogen-bond acceptors (Lipinski definition) is 4. The van der Waals surface area contributed by atoms with E-state index in [1.54, 1.807) is 35.2 Å². The van der Waals surface area contributed by atoms with E-state index in [0.29, 0.717) is 54.6 Å².